The van der Waals surface area contributed by atoms with Crippen LogP contribution in [0.2, 0.25) is 0 Å². The molecule has 0 aromatic heterocycles. The Hall–Kier alpha value is -1.10. The van der Waals surface area contributed by atoms with E-state index in [1.54, 1.807) is 11.9 Å². The average Bonchev–Trinajstić information content (AvgIpc) is 2.20. The summed E-state index contributed by atoms with van der Waals surface area (Å²) < 4.78 is 0. The third kappa shape index (κ3) is 5.17. The first kappa shape index (κ1) is 14.0. The highest BCUT2D eigenvalue weighted by molar-refractivity contribution is 5.79. The van der Waals surface area contributed by atoms with Crippen molar-refractivity contribution in [1.82, 2.24) is 10.2 Å². The summed E-state index contributed by atoms with van der Waals surface area (Å²) >= 11 is 0. The summed E-state index contributed by atoms with van der Waals surface area (Å²) in [5.74, 6) is 0.176. The van der Waals surface area contributed by atoms with Gasteiger partial charge < -0.3 is 16.0 Å². The van der Waals surface area contributed by atoms with Gasteiger partial charge in [0.25, 0.3) is 0 Å². The van der Waals surface area contributed by atoms with Crippen LogP contribution in [-0.2, 0) is 9.59 Å². The number of rotatable bonds is 4. The molecule has 0 spiro atoms. The molecular weight excluding hydrogens is 218 g/mol. The predicted octanol–water partition coefficient (Wildman–Crippen LogP) is 0.241. The Labute approximate surface area is 103 Å². The minimum atomic E-state index is -0.309. The molecule has 0 aromatic rings. The molecule has 0 bridgehead atoms. The van der Waals surface area contributed by atoms with Crippen LogP contribution in [0.25, 0.3) is 0 Å². The maximum Gasteiger partial charge on any atom is 0.222 e. The van der Waals surface area contributed by atoms with Crippen LogP contribution in [0, 0.1) is 0 Å². The van der Waals surface area contributed by atoms with Gasteiger partial charge in [-0.05, 0) is 26.7 Å². The molecule has 1 fully saturated rings. The summed E-state index contributed by atoms with van der Waals surface area (Å²) in [6.07, 6.45) is 2.36. The van der Waals surface area contributed by atoms with E-state index in [-0.39, 0.29) is 23.4 Å². The van der Waals surface area contributed by atoms with Crippen molar-refractivity contribution in [2.24, 2.45) is 5.73 Å². The highest BCUT2D eigenvalue weighted by Gasteiger charge is 2.24. The molecule has 5 nitrogen and oxygen atoms in total. The van der Waals surface area contributed by atoms with E-state index in [2.05, 4.69) is 5.32 Å². The molecule has 1 saturated heterocycles. The van der Waals surface area contributed by atoms with Crippen LogP contribution in [0.3, 0.4) is 0 Å². The molecule has 0 saturated carbocycles. The molecular formula is C12H23N3O2. The van der Waals surface area contributed by atoms with Crippen molar-refractivity contribution < 1.29 is 9.59 Å². The summed E-state index contributed by atoms with van der Waals surface area (Å²) in [6.45, 7) is 4.43. The highest BCUT2D eigenvalue weighted by Crippen LogP contribution is 2.11. The highest BCUT2D eigenvalue weighted by atomic mass is 16.2. The van der Waals surface area contributed by atoms with Crippen molar-refractivity contribution >= 4 is 11.8 Å². The van der Waals surface area contributed by atoms with Gasteiger partial charge in [-0.2, -0.15) is 0 Å². The number of hydrogen-bond acceptors (Lipinski definition) is 3. The van der Waals surface area contributed by atoms with E-state index in [4.69, 9.17) is 5.73 Å². The van der Waals surface area contributed by atoms with Gasteiger partial charge in [0.1, 0.15) is 0 Å². The second kappa shape index (κ2) is 5.49. The Morgan fingerprint density at radius 2 is 2.24 bits per heavy atom. The third-order valence-corrected chi connectivity index (χ3v) is 2.99. The maximum atomic E-state index is 11.7. The van der Waals surface area contributed by atoms with Crippen LogP contribution >= 0.6 is 0 Å². The number of carbonyl (C=O) groups is 2. The van der Waals surface area contributed by atoms with Crippen LogP contribution in [0.1, 0.15) is 39.5 Å². The van der Waals surface area contributed by atoms with Crippen LogP contribution in [0.15, 0.2) is 0 Å². The number of likely N-dealkylation sites (tertiary alicyclic amines) is 1. The summed E-state index contributed by atoms with van der Waals surface area (Å²) in [5, 5.41) is 2.95. The van der Waals surface area contributed by atoms with Gasteiger partial charge >= 0.3 is 0 Å². The summed E-state index contributed by atoms with van der Waals surface area (Å²) in [7, 11) is 1.77. The number of piperidine rings is 1. The molecule has 0 aliphatic carbocycles. The SMILES string of the molecule is CN1CC(NC(=O)CCC(C)(C)N)CCC1=O. The van der Waals surface area contributed by atoms with Crippen molar-refractivity contribution in [3.8, 4) is 0 Å². The number of carbonyl (C=O) groups excluding carboxylic acids is 2. The number of likely N-dealkylation sites (N-methyl/N-ethyl adjacent to an activating group) is 1. The first-order valence-electron chi connectivity index (χ1n) is 6.10. The molecule has 1 heterocycles. The Morgan fingerprint density at radius 1 is 1.59 bits per heavy atom. The molecule has 98 valence electrons. The van der Waals surface area contributed by atoms with Gasteiger partial charge in [0, 0.05) is 38.0 Å². The molecule has 1 aliphatic heterocycles. The minimum absolute atomic E-state index is 0.0243. The molecule has 2 amide bonds. The van der Waals surface area contributed by atoms with E-state index in [0.717, 1.165) is 6.42 Å². The Kier molecular flexibility index (Phi) is 4.51. The van der Waals surface area contributed by atoms with Crippen molar-refractivity contribution in [2.75, 3.05) is 13.6 Å². The standard InChI is InChI=1S/C12H23N3O2/c1-12(2,13)7-6-10(16)14-9-4-5-11(17)15(3)8-9/h9H,4-8,13H2,1-3H3,(H,14,16). The zero-order valence-electron chi connectivity index (χ0n) is 11.0. The van der Waals surface area contributed by atoms with Crippen LogP contribution in [0.4, 0.5) is 0 Å². The lowest BCUT2D eigenvalue weighted by Crippen LogP contribution is -2.48. The number of nitrogens with zero attached hydrogens (tertiary/aromatic N) is 1. The maximum absolute atomic E-state index is 11.7. The second-order valence-corrected chi connectivity index (χ2v) is 5.57. The van der Waals surface area contributed by atoms with Gasteiger partial charge in [-0.3, -0.25) is 9.59 Å². The van der Waals surface area contributed by atoms with Crippen molar-refractivity contribution in [3.63, 3.8) is 0 Å². The lowest BCUT2D eigenvalue weighted by molar-refractivity contribution is -0.134. The fourth-order valence-corrected chi connectivity index (χ4v) is 1.87. The quantitative estimate of drug-likeness (QED) is 0.740. The largest absolute Gasteiger partial charge is 0.352 e. The lowest BCUT2D eigenvalue weighted by Gasteiger charge is -2.30. The minimum Gasteiger partial charge on any atom is -0.352 e. The fraction of sp³-hybridized carbons (Fsp3) is 0.833. The first-order chi connectivity index (χ1) is 7.78. The van der Waals surface area contributed by atoms with Gasteiger partial charge in [-0.25, -0.2) is 0 Å². The molecule has 17 heavy (non-hydrogen) atoms. The molecule has 0 aromatic carbocycles. The van der Waals surface area contributed by atoms with Crippen molar-refractivity contribution in [3.05, 3.63) is 0 Å². The number of nitrogens with one attached hydrogen (secondary N) is 1. The van der Waals surface area contributed by atoms with Gasteiger partial charge in [0.2, 0.25) is 11.8 Å². The summed E-state index contributed by atoms with van der Waals surface area (Å²) in [5.41, 5.74) is 5.52. The zero-order valence-corrected chi connectivity index (χ0v) is 11.0. The number of hydrogen-bond donors (Lipinski definition) is 2. The van der Waals surface area contributed by atoms with Crippen molar-refractivity contribution in [1.29, 1.82) is 0 Å². The smallest absolute Gasteiger partial charge is 0.222 e. The fourth-order valence-electron chi connectivity index (χ4n) is 1.87. The average molecular weight is 241 g/mol. The monoisotopic (exact) mass is 241 g/mol. The molecule has 1 atom stereocenters. The van der Waals surface area contributed by atoms with Crippen LogP contribution in [0.5, 0.6) is 0 Å². The summed E-state index contributed by atoms with van der Waals surface area (Å²) in [6, 6.07) is 0.0890. The predicted molar refractivity (Wildman–Crippen MR) is 66.3 cm³/mol. The van der Waals surface area contributed by atoms with Gasteiger partial charge in [-0.15, -0.1) is 0 Å². The topological polar surface area (TPSA) is 75.4 Å². The van der Waals surface area contributed by atoms with Crippen molar-refractivity contribution in [2.45, 2.75) is 51.1 Å². The Morgan fingerprint density at radius 3 is 2.76 bits per heavy atom. The second-order valence-electron chi connectivity index (χ2n) is 5.57. The molecule has 0 radical (unpaired) electrons. The van der Waals surface area contributed by atoms with Gasteiger partial charge in [0.15, 0.2) is 0 Å². The third-order valence-electron chi connectivity index (χ3n) is 2.99. The normalized spacial score (nSPS) is 21.5. The van der Waals surface area contributed by atoms with E-state index in [1.165, 1.54) is 0 Å². The van der Waals surface area contributed by atoms with E-state index >= 15 is 0 Å². The number of amides is 2. The number of nitrogens with two attached hydrogens (primary N) is 1. The molecule has 5 heteroatoms. The lowest BCUT2D eigenvalue weighted by atomic mass is 9.99. The van der Waals surface area contributed by atoms with Crippen LogP contribution in [-0.4, -0.2) is 41.9 Å². The van der Waals surface area contributed by atoms with Gasteiger partial charge in [0.05, 0.1) is 0 Å². The van der Waals surface area contributed by atoms with E-state index in [9.17, 15) is 9.59 Å². The molecule has 1 rings (SSSR count). The Bertz CT molecular complexity index is 297. The molecule has 3 N–H and O–H groups in total. The van der Waals surface area contributed by atoms with Gasteiger partial charge in [-0.1, -0.05) is 0 Å². The van der Waals surface area contributed by atoms with E-state index in [0.29, 0.717) is 25.8 Å². The van der Waals surface area contributed by atoms with Crippen LogP contribution < -0.4 is 11.1 Å². The Balaban J connectivity index is 2.30. The molecule has 1 unspecified atom stereocenters. The van der Waals surface area contributed by atoms with E-state index < -0.39 is 0 Å². The van der Waals surface area contributed by atoms with E-state index in [1.807, 2.05) is 13.8 Å². The first-order valence-corrected chi connectivity index (χ1v) is 6.10. The summed E-state index contributed by atoms with van der Waals surface area (Å²) in [4.78, 5) is 24.6. The molecule has 1 aliphatic rings. The zero-order chi connectivity index (χ0) is 13.1.